The number of nitrogens with zero attached hydrogens (tertiary/aromatic N) is 4. The van der Waals surface area contributed by atoms with E-state index < -0.39 is 0 Å². The summed E-state index contributed by atoms with van der Waals surface area (Å²) >= 11 is 8.91. The van der Waals surface area contributed by atoms with Gasteiger partial charge in [-0.1, -0.05) is 41.6 Å². The number of benzene rings is 1. The number of aromatic nitrogens is 2. The highest BCUT2D eigenvalue weighted by Crippen LogP contribution is 2.36. The molecule has 9 nitrogen and oxygen atoms in total. The molecule has 0 radical (unpaired) electrons. The number of rotatable bonds is 13. The number of halogens is 1. The average molecular weight is 609 g/mol. The van der Waals surface area contributed by atoms with E-state index in [2.05, 4.69) is 22.4 Å². The number of carbonyl (C=O) groups excluding carboxylic acids is 1. The summed E-state index contributed by atoms with van der Waals surface area (Å²) in [7, 11) is 1.68. The lowest BCUT2D eigenvalue weighted by Crippen LogP contribution is -2.14. The molecule has 212 valence electrons. The van der Waals surface area contributed by atoms with E-state index in [4.69, 9.17) is 31.8 Å². The van der Waals surface area contributed by atoms with Crippen LogP contribution in [0.25, 0.3) is 16.1 Å². The molecule has 0 aliphatic rings. The van der Waals surface area contributed by atoms with Crippen molar-refractivity contribution in [3.63, 3.8) is 0 Å². The Balaban J connectivity index is 1.81. The van der Waals surface area contributed by atoms with Gasteiger partial charge in [0.15, 0.2) is 0 Å². The minimum Gasteiger partial charge on any atom is -0.495 e. The molecule has 0 unspecified atom stereocenters. The Bertz CT molecular complexity index is 1520. The summed E-state index contributed by atoms with van der Waals surface area (Å²) in [5.41, 5.74) is 8.94. The van der Waals surface area contributed by atoms with Gasteiger partial charge in [0.25, 0.3) is 0 Å². The number of allylic oxidation sites excluding steroid dienone is 4. The molecular weight excluding hydrogens is 580 g/mol. The van der Waals surface area contributed by atoms with Crippen LogP contribution in [0, 0.1) is 22.7 Å². The van der Waals surface area contributed by atoms with E-state index in [9.17, 15) is 15.3 Å². The van der Waals surface area contributed by atoms with Crippen LogP contribution in [0.2, 0.25) is 5.02 Å². The van der Waals surface area contributed by atoms with E-state index in [0.717, 1.165) is 16.3 Å². The Morgan fingerprint density at radius 1 is 1.12 bits per heavy atom. The van der Waals surface area contributed by atoms with Crippen molar-refractivity contribution in [2.75, 3.05) is 32.1 Å². The normalized spacial score (nSPS) is 11.5. The predicted octanol–water partition coefficient (Wildman–Crippen LogP) is 6.15. The van der Waals surface area contributed by atoms with Crippen molar-refractivity contribution in [1.82, 2.24) is 9.97 Å². The Kier molecular flexibility index (Phi) is 12.2. The van der Waals surface area contributed by atoms with E-state index in [1.165, 1.54) is 23.1 Å². The van der Waals surface area contributed by atoms with Crippen LogP contribution >= 0.6 is 34.7 Å². The number of esters is 1. The maximum Gasteiger partial charge on any atom is 0.307 e. The maximum atomic E-state index is 11.4. The van der Waals surface area contributed by atoms with Crippen LogP contribution in [-0.2, 0) is 20.0 Å². The van der Waals surface area contributed by atoms with Gasteiger partial charge in [-0.2, -0.15) is 10.5 Å². The largest absolute Gasteiger partial charge is 0.495 e. The Morgan fingerprint density at radius 2 is 1.83 bits per heavy atom. The summed E-state index contributed by atoms with van der Waals surface area (Å²) in [6.07, 6.45) is 3.67. The highest BCUT2D eigenvalue weighted by molar-refractivity contribution is 7.98. The summed E-state index contributed by atoms with van der Waals surface area (Å²) in [6, 6.07) is 11.9. The molecule has 0 saturated heterocycles. The van der Waals surface area contributed by atoms with Crippen LogP contribution in [0.3, 0.4) is 0 Å². The number of hydrogen-bond acceptors (Lipinski definition) is 11. The molecule has 0 spiro atoms. The van der Waals surface area contributed by atoms with Crippen molar-refractivity contribution in [3.8, 4) is 22.7 Å². The second-order valence-electron chi connectivity index (χ2n) is 8.54. The number of nitrogens with two attached hydrogens (primary N) is 1. The SMILES string of the molecule is CNc1nc(SCc2csc(-c3ccc(Cl)cc3)n2)c(C#N)c(C(C)=CC=C(C)OCCOC(=O)CCN)c1C#N. The van der Waals surface area contributed by atoms with Crippen molar-refractivity contribution < 1.29 is 14.3 Å². The third-order valence-electron chi connectivity index (χ3n) is 5.61. The van der Waals surface area contributed by atoms with E-state index in [0.29, 0.717) is 44.1 Å². The molecular formula is C29H29ClN6O3S2. The van der Waals surface area contributed by atoms with Crippen molar-refractivity contribution in [2.24, 2.45) is 5.73 Å². The standard InChI is InChI=1S/C29H29ClN6O3S2/c1-18(4-5-19(2)38-12-13-39-25(37)10-11-31)26-23(14-32)27(34-3)36-29(24(26)15-33)41-17-22-16-40-28(35-22)20-6-8-21(30)9-7-20/h4-9,16H,10-13,17,31H2,1-3H3,(H,34,36). The molecule has 12 heteroatoms. The van der Waals surface area contributed by atoms with Crippen LogP contribution in [0.5, 0.6) is 0 Å². The smallest absolute Gasteiger partial charge is 0.307 e. The first-order chi connectivity index (χ1) is 19.8. The first-order valence-corrected chi connectivity index (χ1v) is 14.8. The summed E-state index contributed by atoms with van der Waals surface area (Å²) in [4.78, 5) is 20.7. The van der Waals surface area contributed by atoms with Crippen LogP contribution in [-0.4, -0.2) is 42.7 Å². The first-order valence-electron chi connectivity index (χ1n) is 12.5. The van der Waals surface area contributed by atoms with E-state index >= 15 is 0 Å². The Morgan fingerprint density at radius 3 is 2.49 bits per heavy atom. The molecule has 0 bridgehead atoms. The summed E-state index contributed by atoms with van der Waals surface area (Å²) in [5, 5.41) is 27.1. The van der Waals surface area contributed by atoms with Crippen molar-refractivity contribution in [2.45, 2.75) is 31.0 Å². The molecule has 0 aliphatic heterocycles. The number of anilines is 1. The summed E-state index contributed by atoms with van der Waals surface area (Å²) in [5.74, 6) is 1.08. The fourth-order valence-electron chi connectivity index (χ4n) is 3.62. The number of pyridine rings is 1. The van der Waals surface area contributed by atoms with Gasteiger partial charge in [0.2, 0.25) is 0 Å². The zero-order valence-electron chi connectivity index (χ0n) is 22.9. The number of thioether (sulfide) groups is 1. The van der Waals surface area contributed by atoms with E-state index in [1.807, 2.05) is 36.6 Å². The highest BCUT2D eigenvalue weighted by Gasteiger charge is 2.21. The van der Waals surface area contributed by atoms with Crippen LogP contribution in [0.4, 0.5) is 5.82 Å². The minimum absolute atomic E-state index is 0.112. The maximum absolute atomic E-state index is 11.4. The quantitative estimate of drug-likeness (QED) is 0.0761. The van der Waals surface area contributed by atoms with Gasteiger partial charge in [0, 0.05) is 40.9 Å². The minimum atomic E-state index is -0.370. The molecule has 0 atom stereocenters. The van der Waals surface area contributed by atoms with Gasteiger partial charge >= 0.3 is 5.97 Å². The molecule has 2 aromatic heterocycles. The predicted molar refractivity (Wildman–Crippen MR) is 163 cm³/mol. The number of nitriles is 2. The molecule has 3 N–H and O–H groups in total. The zero-order valence-corrected chi connectivity index (χ0v) is 25.3. The number of carbonyl (C=O) groups is 1. The van der Waals surface area contributed by atoms with E-state index in [-0.39, 0.29) is 37.7 Å². The van der Waals surface area contributed by atoms with Gasteiger partial charge < -0.3 is 20.5 Å². The lowest BCUT2D eigenvalue weighted by atomic mass is 9.97. The van der Waals surface area contributed by atoms with Gasteiger partial charge in [-0.05, 0) is 37.6 Å². The zero-order chi connectivity index (χ0) is 29.8. The second-order valence-corrected chi connectivity index (χ2v) is 10.8. The third kappa shape index (κ3) is 8.81. The average Bonchev–Trinajstić information content (AvgIpc) is 3.45. The fraction of sp³-hybridized carbons (Fsp3) is 0.276. The molecule has 3 rings (SSSR count). The van der Waals surface area contributed by atoms with E-state index in [1.54, 1.807) is 26.1 Å². The monoisotopic (exact) mass is 608 g/mol. The second kappa shape index (κ2) is 15.8. The number of thiazole rings is 1. The van der Waals surface area contributed by atoms with Crippen LogP contribution in [0.15, 0.2) is 52.6 Å². The fourth-order valence-corrected chi connectivity index (χ4v) is 5.56. The van der Waals surface area contributed by atoms with Gasteiger partial charge in [-0.15, -0.1) is 11.3 Å². The molecule has 1 aromatic carbocycles. The van der Waals surface area contributed by atoms with Crippen molar-refractivity contribution in [3.05, 3.63) is 75.0 Å². The lowest BCUT2D eigenvalue weighted by Gasteiger charge is -2.14. The first kappa shape index (κ1) is 31.7. The molecule has 3 aromatic rings. The molecule has 0 fully saturated rings. The van der Waals surface area contributed by atoms with Crippen molar-refractivity contribution in [1.29, 1.82) is 10.5 Å². The molecule has 0 aliphatic carbocycles. The summed E-state index contributed by atoms with van der Waals surface area (Å²) in [6.45, 7) is 4.12. The van der Waals surface area contributed by atoms with Gasteiger partial charge in [-0.3, -0.25) is 4.79 Å². The third-order valence-corrected chi connectivity index (χ3v) is 7.81. The van der Waals surface area contributed by atoms with Crippen LogP contribution in [0.1, 0.15) is 42.7 Å². The molecule has 0 amide bonds. The lowest BCUT2D eigenvalue weighted by molar-refractivity contribution is -0.144. The Labute approximate surface area is 252 Å². The topological polar surface area (TPSA) is 147 Å². The molecule has 41 heavy (non-hydrogen) atoms. The van der Waals surface area contributed by atoms with Gasteiger partial charge in [0.05, 0.1) is 23.4 Å². The van der Waals surface area contributed by atoms with Gasteiger partial charge in [0.1, 0.15) is 46.8 Å². The number of ether oxygens (including phenoxy) is 2. The van der Waals surface area contributed by atoms with Crippen LogP contribution < -0.4 is 11.1 Å². The number of nitrogens with one attached hydrogen (secondary N) is 1. The Hall–Kier alpha value is -3.87. The highest BCUT2D eigenvalue weighted by atomic mass is 35.5. The molecule has 2 heterocycles. The van der Waals surface area contributed by atoms with Crippen molar-refractivity contribution >= 4 is 52.1 Å². The summed E-state index contributed by atoms with van der Waals surface area (Å²) < 4.78 is 10.6. The van der Waals surface area contributed by atoms with Gasteiger partial charge in [-0.25, -0.2) is 9.97 Å². The molecule has 0 saturated carbocycles. The number of hydrogen-bond donors (Lipinski definition) is 2.